The monoisotopic (exact) mass is 557 g/mol. The molecule has 3 rings (SSSR count). The van der Waals surface area contributed by atoms with Gasteiger partial charge in [0.25, 0.3) is 5.56 Å². The molecule has 0 spiro atoms. The number of aromatic nitrogens is 2. The van der Waals surface area contributed by atoms with Crippen molar-refractivity contribution in [1.29, 1.82) is 0 Å². The van der Waals surface area contributed by atoms with Crippen LogP contribution in [0.5, 0.6) is 5.75 Å². The number of aliphatic hydroxyl groups excluding tert-OH is 1. The van der Waals surface area contributed by atoms with Crippen LogP contribution in [0.4, 0.5) is 0 Å². The second kappa shape index (κ2) is 12.4. The Morgan fingerprint density at radius 1 is 1.27 bits per heavy atom. The number of carbonyl (C=O) groups excluding carboxylic acids is 1. The lowest BCUT2D eigenvalue weighted by Crippen LogP contribution is -2.63. The van der Waals surface area contributed by atoms with Crippen molar-refractivity contribution >= 4 is 24.4 Å². The van der Waals surface area contributed by atoms with E-state index in [1.807, 2.05) is 0 Å². The number of nitrogens with one attached hydrogen (secondary N) is 2. The number of aliphatic hydroxyl groups is 1. The fraction of sp³-hybridized carbons (Fsp3) is 0.522. The van der Waals surface area contributed by atoms with Crippen LogP contribution in [0.15, 0.2) is 52.2 Å². The van der Waals surface area contributed by atoms with E-state index in [0.29, 0.717) is 5.75 Å². The Morgan fingerprint density at radius 3 is 2.49 bits per heavy atom. The Morgan fingerprint density at radius 2 is 1.95 bits per heavy atom. The average molecular weight is 558 g/mol. The number of H-pyrrole nitrogens is 1. The predicted molar refractivity (Wildman–Crippen MR) is 138 cm³/mol. The molecular weight excluding hydrogens is 525 g/mol. The van der Waals surface area contributed by atoms with Gasteiger partial charge in [0, 0.05) is 25.8 Å². The molecular formula is C23H32N3O9PS. The molecule has 0 saturated carbocycles. The molecule has 0 radical (unpaired) electrons. The van der Waals surface area contributed by atoms with Crippen LogP contribution < -0.4 is 20.9 Å². The maximum absolute atomic E-state index is 12.4. The number of methoxy groups -OCH3 is 1. The zero-order chi connectivity index (χ0) is 27.2. The normalized spacial score (nSPS) is 21.4. The van der Waals surface area contributed by atoms with Crippen LogP contribution in [0.1, 0.15) is 27.2 Å². The minimum Gasteiger partial charge on any atom is -0.462 e. The highest BCUT2D eigenvalue weighted by Crippen LogP contribution is 2.46. The predicted octanol–water partition coefficient (Wildman–Crippen LogP) is 1.24. The SMILES string of the molecule is COC(COP(=S)(NC(C)C(=O)OC(C)C)Oc1ccccc1)[C@@H](O)[C@@]1(n2ccc(=O)[nH]c2=O)CCO1. The van der Waals surface area contributed by atoms with E-state index < -0.39 is 47.8 Å². The van der Waals surface area contributed by atoms with Crippen LogP contribution in [0.25, 0.3) is 0 Å². The molecule has 3 unspecified atom stereocenters. The lowest BCUT2D eigenvalue weighted by atomic mass is 9.93. The van der Waals surface area contributed by atoms with E-state index in [4.69, 9.17) is 35.1 Å². The zero-order valence-electron chi connectivity index (χ0n) is 21.0. The zero-order valence-corrected chi connectivity index (χ0v) is 22.7. The van der Waals surface area contributed by atoms with E-state index >= 15 is 0 Å². The van der Waals surface area contributed by atoms with Crippen molar-refractivity contribution in [1.82, 2.24) is 14.6 Å². The van der Waals surface area contributed by atoms with E-state index in [0.717, 1.165) is 10.6 Å². The number of ether oxygens (including phenoxy) is 3. The van der Waals surface area contributed by atoms with Crippen LogP contribution in [-0.4, -0.2) is 65.3 Å². The van der Waals surface area contributed by atoms with E-state index in [1.165, 1.54) is 13.3 Å². The average Bonchev–Trinajstić information content (AvgIpc) is 2.80. The second-order valence-corrected chi connectivity index (χ2v) is 11.8. The van der Waals surface area contributed by atoms with E-state index in [9.17, 15) is 19.5 Å². The first-order valence-electron chi connectivity index (χ1n) is 11.6. The second-order valence-electron chi connectivity index (χ2n) is 8.68. The summed E-state index contributed by atoms with van der Waals surface area (Å²) in [7, 11) is 1.36. The third kappa shape index (κ3) is 7.14. The summed E-state index contributed by atoms with van der Waals surface area (Å²) in [4.78, 5) is 38.5. The van der Waals surface area contributed by atoms with Crippen LogP contribution in [-0.2, 0) is 41.1 Å². The Balaban J connectivity index is 1.81. The third-order valence-electron chi connectivity index (χ3n) is 5.60. The standard InChI is InChI=1S/C23H32N3O9PS/c1-15(2)34-21(29)16(3)25-36(37,35-17-8-6-5-7-9-17)33-14-18(31-4)20(28)23(11-13-32-23)26-12-10-19(27)24-22(26)30/h5-10,12,15-16,18,20,28H,11,13-14H2,1-4H3,(H,25,37)(H,24,27,30)/t16?,18?,20-,23-,36?/m1/s1. The summed E-state index contributed by atoms with van der Waals surface area (Å²) in [5.41, 5.74) is -2.79. The molecule has 1 saturated heterocycles. The molecule has 14 heteroatoms. The summed E-state index contributed by atoms with van der Waals surface area (Å²) in [5, 5.41) is 14.2. The number of para-hydroxylation sites is 1. The van der Waals surface area contributed by atoms with Gasteiger partial charge >= 0.3 is 18.3 Å². The number of benzene rings is 1. The highest BCUT2D eigenvalue weighted by Gasteiger charge is 2.51. The highest BCUT2D eigenvalue weighted by atomic mass is 32.5. The van der Waals surface area contributed by atoms with Gasteiger partial charge in [-0.3, -0.25) is 19.1 Å². The maximum atomic E-state index is 12.4. The van der Waals surface area contributed by atoms with Crippen molar-refractivity contribution in [2.75, 3.05) is 20.3 Å². The van der Waals surface area contributed by atoms with Gasteiger partial charge in [-0.25, -0.2) is 9.88 Å². The van der Waals surface area contributed by atoms with Gasteiger partial charge < -0.3 is 28.4 Å². The first kappa shape index (κ1) is 29.2. The Hall–Kier alpha value is -2.38. The largest absolute Gasteiger partial charge is 0.462 e. The molecule has 1 fully saturated rings. The molecule has 1 aliphatic rings. The molecule has 5 atom stereocenters. The highest BCUT2D eigenvalue weighted by molar-refractivity contribution is 8.09. The number of hydrogen-bond acceptors (Lipinski definition) is 10. The van der Waals surface area contributed by atoms with Gasteiger partial charge in [-0.05, 0) is 44.7 Å². The molecule has 0 bridgehead atoms. The number of esters is 1. The van der Waals surface area contributed by atoms with Crippen LogP contribution in [0.3, 0.4) is 0 Å². The summed E-state index contributed by atoms with van der Waals surface area (Å²) in [6.45, 7) is 1.65. The molecule has 1 aromatic heterocycles. The van der Waals surface area contributed by atoms with Crippen molar-refractivity contribution < 1.29 is 33.2 Å². The number of nitrogens with zero attached hydrogens (tertiary/aromatic N) is 1. The fourth-order valence-electron chi connectivity index (χ4n) is 3.68. The van der Waals surface area contributed by atoms with Gasteiger partial charge in [0.15, 0.2) is 5.72 Å². The summed E-state index contributed by atoms with van der Waals surface area (Å²) in [6, 6.07) is 8.99. The van der Waals surface area contributed by atoms with Gasteiger partial charge in [0.05, 0.1) is 19.3 Å². The van der Waals surface area contributed by atoms with Gasteiger partial charge in [-0.15, -0.1) is 0 Å². The molecule has 0 aliphatic carbocycles. The molecule has 1 aliphatic heterocycles. The molecule has 2 heterocycles. The number of carbonyl (C=O) groups is 1. The van der Waals surface area contributed by atoms with Crippen molar-refractivity contribution in [2.24, 2.45) is 0 Å². The Labute approximate surface area is 219 Å². The molecule has 1 aromatic carbocycles. The Bertz CT molecular complexity index is 1220. The lowest BCUT2D eigenvalue weighted by Gasteiger charge is -2.47. The first-order valence-corrected chi connectivity index (χ1v) is 14.3. The van der Waals surface area contributed by atoms with Crippen LogP contribution in [0.2, 0.25) is 0 Å². The van der Waals surface area contributed by atoms with Gasteiger partial charge in [0.1, 0.15) is 24.0 Å². The number of hydrogen-bond donors (Lipinski definition) is 3. The third-order valence-corrected chi connectivity index (χ3v) is 8.10. The van der Waals surface area contributed by atoms with Gasteiger partial charge in [-0.2, -0.15) is 0 Å². The van der Waals surface area contributed by atoms with E-state index in [1.54, 1.807) is 51.1 Å². The van der Waals surface area contributed by atoms with Crippen molar-refractivity contribution in [3.05, 3.63) is 63.4 Å². The summed E-state index contributed by atoms with van der Waals surface area (Å²) >= 11 is 5.69. The summed E-state index contributed by atoms with van der Waals surface area (Å²) in [6.07, 6.45) is -1.21. The van der Waals surface area contributed by atoms with E-state index in [2.05, 4.69) is 10.1 Å². The van der Waals surface area contributed by atoms with Crippen LogP contribution in [0, 0.1) is 0 Å². The molecule has 2 aromatic rings. The number of aromatic amines is 1. The van der Waals surface area contributed by atoms with E-state index in [-0.39, 0.29) is 25.7 Å². The topological polar surface area (TPSA) is 150 Å². The summed E-state index contributed by atoms with van der Waals surface area (Å²) < 4.78 is 29.5. The van der Waals surface area contributed by atoms with Gasteiger partial charge in [-0.1, -0.05) is 18.2 Å². The number of rotatable bonds is 13. The minimum atomic E-state index is -3.40. The lowest BCUT2D eigenvalue weighted by molar-refractivity contribution is -0.282. The first-order chi connectivity index (χ1) is 17.5. The van der Waals surface area contributed by atoms with Crippen molar-refractivity contribution in [2.45, 2.75) is 57.3 Å². The van der Waals surface area contributed by atoms with Crippen molar-refractivity contribution in [3.63, 3.8) is 0 Å². The van der Waals surface area contributed by atoms with Crippen LogP contribution >= 0.6 is 6.64 Å². The quantitative estimate of drug-likeness (QED) is 0.241. The summed E-state index contributed by atoms with van der Waals surface area (Å²) in [5.74, 6) is -0.122. The molecule has 37 heavy (non-hydrogen) atoms. The van der Waals surface area contributed by atoms with Crippen molar-refractivity contribution in [3.8, 4) is 5.75 Å². The molecule has 204 valence electrons. The molecule has 12 nitrogen and oxygen atoms in total. The fourth-order valence-corrected chi connectivity index (χ4v) is 6.09. The van der Waals surface area contributed by atoms with Gasteiger partial charge in [0.2, 0.25) is 0 Å². The molecule has 3 N–H and O–H groups in total. The smallest absolute Gasteiger partial charge is 0.330 e. The molecule has 0 amide bonds. The maximum Gasteiger partial charge on any atom is 0.330 e. The minimum absolute atomic E-state index is 0.274. The Kier molecular flexibility index (Phi) is 9.81.